The third-order valence-corrected chi connectivity index (χ3v) is 3.90. The number of imidazole rings is 1. The lowest BCUT2D eigenvalue weighted by atomic mass is 10.1. The van der Waals surface area contributed by atoms with Gasteiger partial charge in [0.2, 0.25) is 5.88 Å². The lowest BCUT2D eigenvalue weighted by molar-refractivity contribution is 0.0945. The molecule has 0 aliphatic rings. The molecule has 0 saturated carbocycles. The zero-order valence-corrected chi connectivity index (χ0v) is 14.1. The van der Waals surface area contributed by atoms with Gasteiger partial charge >= 0.3 is 0 Å². The van der Waals surface area contributed by atoms with Crippen molar-refractivity contribution in [3.8, 4) is 5.88 Å². The molecule has 0 aliphatic heterocycles. The number of nitrogens with zero attached hydrogens (tertiary/aromatic N) is 3. The summed E-state index contributed by atoms with van der Waals surface area (Å²) in [5.74, 6) is 0.891. The summed E-state index contributed by atoms with van der Waals surface area (Å²) in [4.78, 5) is 20.7. The van der Waals surface area contributed by atoms with Crippen molar-refractivity contribution in [3.05, 3.63) is 78.0 Å². The molecule has 0 radical (unpaired) electrons. The van der Waals surface area contributed by atoms with E-state index in [1.807, 2.05) is 29.0 Å². The van der Waals surface area contributed by atoms with E-state index >= 15 is 0 Å². The van der Waals surface area contributed by atoms with Crippen LogP contribution < -0.4 is 10.1 Å². The van der Waals surface area contributed by atoms with Crippen LogP contribution in [0.2, 0.25) is 0 Å². The van der Waals surface area contributed by atoms with E-state index in [-0.39, 0.29) is 5.91 Å². The molecule has 2 heterocycles. The van der Waals surface area contributed by atoms with E-state index in [1.165, 1.54) is 12.7 Å². The number of hydrogen-bond acceptors (Lipinski definition) is 4. The Bertz CT molecular complexity index is 830. The minimum Gasteiger partial charge on any atom is -0.480 e. The Kier molecular flexibility index (Phi) is 5.41. The average molecular weight is 336 g/mol. The van der Waals surface area contributed by atoms with Gasteiger partial charge in [-0.3, -0.25) is 4.79 Å². The lowest BCUT2D eigenvalue weighted by Gasteiger charge is -2.10. The number of benzene rings is 1. The zero-order chi connectivity index (χ0) is 17.5. The summed E-state index contributed by atoms with van der Waals surface area (Å²) >= 11 is 0. The van der Waals surface area contributed by atoms with Crippen LogP contribution in [0.1, 0.15) is 21.7 Å². The van der Waals surface area contributed by atoms with Crippen molar-refractivity contribution >= 4 is 5.91 Å². The van der Waals surface area contributed by atoms with E-state index in [4.69, 9.17) is 4.74 Å². The fourth-order valence-corrected chi connectivity index (χ4v) is 2.59. The van der Waals surface area contributed by atoms with Gasteiger partial charge < -0.3 is 14.6 Å². The third kappa shape index (κ3) is 4.23. The van der Waals surface area contributed by atoms with Crippen molar-refractivity contribution in [1.29, 1.82) is 0 Å². The highest BCUT2D eigenvalue weighted by atomic mass is 16.5. The smallest absolute Gasteiger partial charge is 0.257 e. The number of rotatable bonds is 7. The molecule has 3 aromatic rings. The van der Waals surface area contributed by atoms with Crippen LogP contribution in [-0.2, 0) is 19.5 Å². The highest BCUT2D eigenvalue weighted by Gasteiger charge is 2.13. The number of methoxy groups -OCH3 is 1. The molecule has 0 aliphatic carbocycles. The Morgan fingerprint density at radius 2 is 1.96 bits per heavy atom. The highest BCUT2D eigenvalue weighted by Crippen LogP contribution is 2.13. The molecular formula is C19H20N4O2. The maximum atomic E-state index is 12.3. The van der Waals surface area contributed by atoms with E-state index in [1.54, 1.807) is 24.5 Å². The van der Waals surface area contributed by atoms with Crippen LogP contribution in [0, 0.1) is 0 Å². The molecule has 0 atom stereocenters. The zero-order valence-electron chi connectivity index (χ0n) is 14.1. The highest BCUT2D eigenvalue weighted by molar-refractivity contribution is 5.96. The van der Waals surface area contributed by atoms with Crippen LogP contribution >= 0.6 is 0 Å². The molecule has 6 heteroatoms. The number of hydrogen-bond donors (Lipinski definition) is 1. The van der Waals surface area contributed by atoms with E-state index < -0.39 is 0 Å². The van der Waals surface area contributed by atoms with Gasteiger partial charge in [0.15, 0.2) is 0 Å². The van der Waals surface area contributed by atoms with Crippen molar-refractivity contribution in [2.75, 3.05) is 7.11 Å². The van der Waals surface area contributed by atoms with Crippen LogP contribution in [0.3, 0.4) is 0 Å². The SMILES string of the molecule is COc1ncccc1C(=O)NCc1nccn1CCc1ccccc1. The standard InChI is InChI=1S/C19H20N4O2/c1-25-19-16(8-5-10-21-19)18(24)22-14-17-20-11-13-23(17)12-9-15-6-3-2-4-7-15/h2-8,10-11,13H,9,12,14H2,1H3,(H,22,24). The number of aryl methyl sites for hydroxylation is 2. The molecule has 1 N–H and O–H groups in total. The van der Waals surface area contributed by atoms with Crippen LogP contribution in [0.4, 0.5) is 0 Å². The number of carbonyl (C=O) groups is 1. The first-order valence-electron chi connectivity index (χ1n) is 8.09. The monoisotopic (exact) mass is 336 g/mol. The Balaban J connectivity index is 1.60. The molecule has 6 nitrogen and oxygen atoms in total. The Morgan fingerprint density at radius 1 is 1.12 bits per heavy atom. The average Bonchev–Trinajstić information content (AvgIpc) is 3.12. The molecule has 0 saturated heterocycles. The maximum absolute atomic E-state index is 12.3. The second kappa shape index (κ2) is 8.10. The molecule has 1 aromatic carbocycles. The van der Waals surface area contributed by atoms with Gasteiger partial charge in [0.1, 0.15) is 11.4 Å². The third-order valence-electron chi connectivity index (χ3n) is 3.90. The van der Waals surface area contributed by atoms with E-state index in [0.29, 0.717) is 18.0 Å². The van der Waals surface area contributed by atoms with E-state index in [9.17, 15) is 4.79 Å². The normalized spacial score (nSPS) is 10.4. The predicted molar refractivity (Wildman–Crippen MR) is 94.3 cm³/mol. The van der Waals surface area contributed by atoms with E-state index in [0.717, 1.165) is 18.8 Å². The first-order valence-corrected chi connectivity index (χ1v) is 8.09. The van der Waals surface area contributed by atoms with Crippen molar-refractivity contribution < 1.29 is 9.53 Å². The van der Waals surface area contributed by atoms with Crippen molar-refractivity contribution in [1.82, 2.24) is 19.9 Å². The Morgan fingerprint density at radius 3 is 2.76 bits per heavy atom. The topological polar surface area (TPSA) is 69.0 Å². The van der Waals surface area contributed by atoms with Crippen LogP contribution in [0.15, 0.2) is 61.1 Å². The van der Waals surface area contributed by atoms with Crippen LogP contribution in [-0.4, -0.2) is 27.6 Å². The number of pyridine rings is 1. The summed E-state index contributed by atoms with van der Waals surface area (Å²) in [5.41, 5.74) is 1.68. The van der Waals surface area contributed by atoms with Gasteiger partial charge in [-0.05, 0) is 24.1 Å². The van der Waals surface area contributed by atoms with Crippen LogP contribution in [0.25, 0.3) is 0 Å². The maximum Gasteiger partial charge on any atom is 0.257 e. The molecular weight excluding hydrogens is 316 g/mol. The fourth-order valence-electron chi connectivity index (χ4n) is 2.59. The number of carbonyl (C=O) groups excluding carboxylic acids is 1. The second-order valence-electron chi connectivity index (χ2n) is 5.52. The minimum atomic E-state index is -0.234. The second-order valence-corrected chi connectivity index (χ2v) is 5.52. The predicted octanol–water partition coefficient (Wildman–Crippen LogP) is 2.46. The fraction of sp³-hybridized carbons (Fsp3) is 0.211. The van der Waals surface area contributed by atoms with Gasteiger partial charge in [0.25, 0.3) is 5.91 Å². The summed E-state index contributed by atoms with van der Waals surface area (Å²) in [5, 5.41) is 2.87. The molecule has 0 fully saturated rings. The molecule has 128 valence electrons. The van der Waals surface area contributed by atoms with Gasteiger partial charge in [0.05, 0.1) is 13.7 Å². The van der Waals surface area contributed by atoms with Gasteiger partial charge in [-0.25, -0.2) is 9.97 Å². The van der Waals surface area contributed by atoms with Crippen molar-refractivity contribution in [2.24, 2.45) is 0 Å². The first kappa shape index (κ1) is 16.7. The molecule has 25 heavy (non-hydrogen) atoms. The van der Waals surface area contributed by atoms with Crippen molar-refractivity contribution in [2.45, 2.75) is 19.5 Å². The Hall–Kier alpha value is -3.15. The molecule has 3 rings (SSSR count). The number of ether oxygens (including phenoxy) is 1. The molecule has 2 aromatic heterocycles. The van der Waals surface area contributed by atoms with Crippen molar-refractivity contribution in [3.63, 3.8) is 0 Å². The number of aromatic nitrogens is 3. The van der Waals surface area contributed by atoms with E-state index in [2.05, 4.69) is 27.4 Å². The summed E-state index contributed by atoms with van der Waals surface area (Å²) in [6, 6.07) is 13.7. The molecule has 1 amide bonds. The quantitative estimate of drug-likeness (QED) is 0.719. The molecule has 0 spiro atoms. The number of nitrogens with one attached hydrogen (secondary N) is 1. The molecule has 0 bridgehead atoms. The lowest BCUT2D eigenvalue weighted by Crippen LogP contribution is -2.25. The van der Waals surface area contributed by atoms with Crippen LogP contribution in [0.5, 0.6) is 5.88 Å². The van der Waals surface area contributed by atoms with Gasteiger partial charge in [0, 0.05) is 25.1 Å². The Labute approximate surface area is 146 Å². The van der Waals surface area contributed by atoms with Gasteiger partial charge in [-0.15, -0.1) is 0 Å². The first-order chi connectivity index (χ1) is 12.3. The summed E-state index contributed by atoms with van der Waals surface area (Å²) in [6.07, 6.45) is 6.17. The summed E-state index contributed by atoms with van der Waals surface area (Å²) in [6.45, 7) is 1.16. The van der Waals surface area contributed by atoms with Gasteiger partial charge in [-0.2, -0.15) is 0 Å². The number of amides is 1. The summed E-state index contributed by atoms with van der Waals surface area (Å²) in [7, 11) is 1.50. The van der Waals surface area contributed by atoms with Gasteiger partial charge in [-0.1, -0.05) is 30.3 Å². The summed E-state index contributed by atoms with van der Waals surface area (Å²) < 4.78 is 7.17. The largest absolute Gasteiger partial charge is 0.480 e. The molecule has 0 unspecified atom stereocenters. The minimum absolute atomic E-state index is 0.234.